The van der Waals surface area contributed by atoms with E-state index in [1.165, 1.54) is 6.33 Å². The molecule has 1 aromatic carbocycles. The molecule has 3 N–H and O–H groups in total. The number of anilines is 1. The predicted molar refractivity (Wildman–Crippen MR) is 158 cm³/mol. The highest BCUT2D eigenvalue weighted by molar-refractivity contribution is 7.56. The Kier molecular flexibility index (Phi) is 11.6. The van der Waals surface area contributed by atoms with Crippen molar-refractivity contribution in [3.8, 4) is 0 Å². The second-order valence-electron chi connectivity index (χ2n) is 10.7. The lowest BCUT2D eigenvalue weighted by molar-refractivity contribution is -0.149. The maximum atomic E-state index is 14.1. The lowest BCUT2D eigenvalue weighted by atomic mass is 10.1. The van der Waals surface area contributed by atoms with Gasteiger partial charge in [0.1, 0.15) is 23.7 Å². The van der Waals surface area contributed by atoms with E-state index >= 15 is 0 Å². The number of carbonyl (C=O) groups is 2. The van der Waals surface area contributed by atoms with Crippen LogP contribution in [0.15, 0.2) is 36.9 Å². The standard InChI is InChI=1S/C28H41N6O7P/c1-7-12-38-27(36)28(5,6)33-42(37,40-13-11-21-9-8-10-22(14-21)26(35)41-19(2)3)18-39-20(4)15-34-17-32-23-24(29)30-16-31-25(23)34/h8-10,14,16-17,19-20H,7,11-13,15,18H2,1-6H3,(H,33,37)(H2,29,30,31)/t20-,42?/m0/s1. The van der Waals surface area contributed by atoms with Gasteiger partial charge in [-0.05, 0) is 65.2 Å². The Morgan fingerprint density at radius 3 is 2.62 bits per heavy atom. The second kappa shape index (κ2) is 14.7. The van der Waals surface area contributed by atoms with Crippen LogP contribution in [-0.4, -0.2) is 68.8 Å². The van der Waals surface area contributed by atoms with Crippen LogP contribution in [0.4, 0.5) is 5.82 Å². The largest absolute Gasteiger partial charge is 0.464 e. The Morgan fingerprint density at radius 1 is 1.14 bits per heavy atom. The smallest absolute Gasteiger partial charge is 0.338 e. The normalized spacial score (nSPS) is 14.1. The van der Waals surface area contributed by atoms with Crippen LogP contribution >= 0.6 is 7.52 Å². The van der Waals surface area contributed by atoms with Gasteiger partial charge in [-0.1, -0.05) is 19.1 Å². The van der Waals surface area contributed by atoms with Crippen LogP contribution in [0.2, 0.25) is 0 Å². The average Bonchev–Trinajstić information content (AvgIpc) is 3.34. The monoisotopic (exact) mass is 604 g/mol. The molecule has 42 heavy (non-hydrogen) atoms. The Balaban J connectivity index is 1.70. The molecule has 0 fully saturated rings. The first-order valence-electron chi connectivity index (χ1n) is 13.9. The second-order valence-corrected chi connectivity index (χ2v) is 12.8. The highest BCUT2D eigenvalue weighted by atomic mass is 31.2. The minimum atomic E-state index is -3.75. The van der Waals surface area contributed by atoms with Gasteiger partial charge in [-0.3, -0.25) is 9.36 Å². The number of hydrogen-bond acceptors (Lipinski definition) is 11. The molecule has 3 aromatic rings. The number of esters is 2. The topological polar surface area (TPSA) is 170 Å². The van der Waals surface area contributed by atoms with E-state index in [1.807, 2.05) is 19.9 Å². The van der Waals surface area contributed by atoms with Crippen molar-refractivity contribution in [3.63, 3.8) is 0 Å². The molecule has 14 heteroatoms. The van der Waals surface area contributed by atoms with E-state index in [0.717, 1.165) is 5.56 Å². The molecule has 0 aliphatic rings. The fourth-order valence-electron chi connectivity index (χ4n) is 3.98. The van der Waals surface area contributed by atoms with Crippen molar-refractivity contribution in [1.29, 1.82) is 0 Å². The predicted octanol–water partition coefficient (Wildman–Crippen LogP) is 4.11. The van der Waals surface area contributed by atoms with Crippen molar-refractivity contribution in [2.24, 2.45) is 0 Å². The van der Waals surface area contributed by atoms with E-state index in [4.69, 9.17) is 24.5 Å². The molecule has 2 atom stereocenters. The van der Waals surface area contributed by atoms with Crippen molar-refractivity contribution in [1.82, 2.24) is 24.6 Å². The summed E-state index contributed by atoms with van der Waals surface area (Å²) in [4.78, 5) is 37.4. The van der Waals surface area contributed by atoms with Gasteiger partial charge in [0, 0.05) is 0 Å². The quantitative estimate of drug-likeness (QED) is 0.177. The van der Waals surface area contributed by atoms with Gasteiger partial charge in [-0.15, -0.1) is 0 Å². The molecule has 2 heterocycles. The average molecular weight is 605 g/mol. The molecule has 3 rings (SSSR count). The van der Waals surface area contributed by atoms with Gasteiger partial charge in [0.25, 0.3) is 7.52 Å². The number of rotatable bonds is 16. The molecule has 230 valence electrons. The number of benzene rings is 1. The van der Waals surface area contributed by atoms with E-state index in [-0.39, 0.29) is 31.5 Å². The molecule has 0 saturated heterocycles. The van der Waals surface area contributed by atoms with E-state index in [2.05, 4.69) is 20.0 Å². The number of ether oxygens (including phenoxy) is 3. The maximum absolute atomic E-state index is 14.1. The summed E-state index contributed by atoms with van der Waals surface area (Å²) in [6.07, 6.45) is 2.96. The van der Waals surface area contributed by atoms with Crippen LogP contribution in [-0.2, 0) is 41.1 Å². The van der Waals surface area contributed by atoms with Crippen molar-refractivity contribution < 1.29 is 32.9 Å². The minimum absolute atomic E-state index is 0.0349. The fourth-order valence-corrected chi connectivity index (χ4v) is 5.97. The first-order valence-corrected chi connectivity index (χ1v) is 15.7. The van der Waals surface area contributed by atoms with Gasteiger partial charge in [0.2, 0.25) is 0 Å². The van der Waals surface area contributed by atoms with Gasteiger partial charge in [0.15, 0.2) is 11.5 Å². The number of nitrogens with one attached hydrogen (secondary N) is 1. The zero-order valence-corrected chi connectivity index (χ0v) is 25.9. The molecule has 0 radical (unpaired) electrons. The van der Waals surface area contributed by atoms with Crippen molar-refractivity contribution in [2.45, 2.75) is 78.7 Å². The Bertz CT molecular complexity index is 1410. The summed E-state index contributed by atoms with van der Waals surface area (Å²) in [5, 5.41) is 2.87. The summed E-state index contributed by atoms with van der Waals surface area (Å²) < 4.78 is 38.3. The molecule has 0 bridgehead atoms. The van der Waals surface area contributed by atoms with Crippen LogP contribution in [0, 0.1) is 0 Å². The van der Waals surface area contributed by atoms with Gasteiger partial charge in [0.05, 0.1) is 43.9 Å². The lowest BCUT2D eigenvalue weighted by Crippen LogP contribution is -2.47. The van der Waals surface area contributed by atoms with E-state index in [1.54, 1.807) is 56.8 Å². The molecule has 0 aliphatic heterocycles. The third-order valence-electron chi connectivity index (χ3n) is 6.01. The van der Waals surface area contributed by atoms with Crippen LogP contribution in [0.25, 0.3) is 11.2 Å². The van der Waals surface area contributed by atoms with E-state index in [9.17, 15) is 14.2 Å². The number of aromatic nitrogens is 4. The number of nitrogens with two attached hydrogens (primary N) is 1. The summed E-state index contributed by atoms with van der Waals surface area (Å²) in [6.45, 7) is 11.0. The van der Waals surface area contributed by atoms with E-state index in [0.29, 0.717) is 36.1 Å². The molecule has 0 spiro atoms. The molecule has 2 aromatic heterocycles. The summed E-state index contributed by atoms with van der Waals surface area (Å²) in [7, 11) is -3.75. The number of hydrogen-bond donors (Lipinski definition) is 2. The summed E-state index contributed by atoms with van der Waals surface area (Å²) >= 11 is 0. The minimum Gasteiger partial charge on any atom is -0.464 e. The summed E-state index contributed by atoms with van der Waals surface area (Å²) in [5.41, 5.74) is 6.81. The Morgan fingerprint density at radius 2 is 1.90 bits per heavy atom. The van der Waals surface area contributed by atoms with E-state index < -0.39 is 31.1 Å². The molecular weight excluding hydrogens is 563 g/mol. The first kappa shape index (κ1) is 33.1. The lowest BCUT2D eigenvalue weighted by Gasteiger charge is -2.30. The summed E-state index contributed by atoms with van der Waals surface area (Å²) in [5.74, 6) is -0.705. The number of imidazole rings is 1. The number of carbonyl (C=O) groups excluding carboxylic acids is 2. The third kappa shape index (κ3) is 9.32. The van der Waals surface area contributed by atoms with Gasteiger partial charge in [-0.25, -0.2) is 24.8 Å². The first-order chi connectivity index (χ1) is 19.8. The highest BCUT2D eigenvalue weighted by Crippen LogP contribution is 2.45. The molecule has 0 amide bonds. The SMILES string of the molecule is CCCOC(=O)C(C)(C)NP(=O)(CO[C@@H](C)Cn1cnc2c(N)ncnc21)OCCc1cccc(C(=O)OC(C)C)c1. The third-order valence-corrected chi connectivity index (χ3v) is 7.99. The highest BCUT2D eigenvalue weighted by Gasteiger charge is 2.38. The number of nitrogens with zero attached hydrogens (tertiary/aromatic N) is 4. The zero-order valence-electron chi connectivity index (χ0n) is 25.0. The van der Waals surface area contributed by atoms with Gasteiger partial charge < -0.3 is 29.0 Å². The van der Waals surface area contributed by atoms with Crippen molar-refractivity contribution in [3.05, 3.63) is 48.0 Å². The van der Waals surface area contributed by atoms with Crippen LogP contribution in [0.1, 0.15) is 63.9 Å². The molecule has 13 nitrogen and oxygen atoms in total. The number of nitrogen functional groups attached to an aromatic ring is 1. The molecular formula is C28H41N6O7P. The summed E-state index contributed by atoms with van der Waals surface area (Å²) in [6, 6.07) is 6.97. The molecule has 1 unspecified atom stereocenters. The fraction of sp³-hybridized carbons (Fsp3) is 0.536. The maximum Gasteiger partial charge on any atom is 0.338 e. The van der Waals surface area contributed by atoms with Gasteiger partial charge >= 0.3 is 11.9 Å². The van der Waals surface area contributed by atoms with Crippen molar-refractivity contribution >= 4 is 36.4 Å². The Labute approximate surface area is 246 Å². The van der Waals surface area contributed by atoms with Gasteiger partial charge in [-0.2, -0.15) is 0 Å². The van der Waals surface area contributed by atoms with Crippen LogP contribution < -0.4 is 10.8 Å². The van der Waals surface area contributed by atoms with Crippen LogP contribution in [0.3, 0.4) is 0 Å². The van der Waals surface area contributed by atoms with Crippen molar-refractivity contribution in [2.75, 3.05) is 25.3 Å². The zero-order chi connectivity index (χ0) is 30.9. The Hall–Kier alpha value is -3.38. The van der Waals surface area contributed by atoms with Crippen LogP contribution in [0.5, 0.6) is 0 Å². The number of fused-ring (bicyclic) bond motifs is 1. The molecule has 0 aliphatic carbocycles. The molecule has 0 saturated carbocycles.